The molecule has 0 aromatic carbocycles. The summed E-state index contributed by atoms with van der Waals surface area (Å²) >= 11 is 0. The predicted octanol–water partition coefficient (Wildman–Crippen LogP) is 1.18. The zero-order chi connectivity index (χ0) is 12.5. The van der Waals surface area contributed by atoms with Gasteiger partial charge in [-0.25, -0.2) is 4.98 Å². The molecule has 1 saturated carbocycles. The summed E-state index contributed by atoms with van der Waals surface area (Å²) in [6.07, 6.45) is 3.61. The number of carbonyl (C=O) groups excluding carboxylic acids is 1. The first kappa shape index (κ1) is 10.7. The lowest BCUT2D eigenvalue weighted by Gasteiger charge is -2.02. The van der Waals surface area contributed by atoms with Crippen molar-refractivity contribution in [3.05, 3.63) is 29.9 Å². The van der Waals surface area contributed by atoms with Crippen molar-refractivity contribution in [3.8, 4) is 0 Å². The molecule has 0 unspecified atom stereocenters. The quantitative estimate of drug-likeness (QED) is 0.840. The largest absolute Gasteiger partial charge is 0.408 e. The highest BCUT2D eigenvalue weighted by molar-refractivity contribution is 6.05. The maximum Gasteiger partial charge on any atom is 0.322 e. The Hall–Kier alpha value is -2.44. The highest BCUT2D eigenvalue weighted by Gasteiger charge is 2.29. The SMILES string of the molecule is Nc1cccnc1C(=O)Nc1nnc(C2CC2)o1. The molecule has 7 heteroatoms. The smallest absolute Gasteiger partial charge is 0.322 e. The van der Waals surface area contributed by atoms with Gasteiger partial charge in [0.25, 0.3) is 5.91 Å². The van der Waals surface area contributed by atoms with Gasteiger partial charge in [0.1, 0.15) is 0 Å². The summed E-state index contributed by atoms with van der Waals surface area (Å²) in [7, 11) is 0. The van der Waals surface area contributed by atoms with Gasteiger partial charge in [0, 0.05) is 12.1 Å². The fourth-order valence-electron chi connectivity index (χ4n) is 1.54. The van der Waals surface area contributed by atoms with Crippen LogP contribution < -0.4 is 11.1 Å². The first-order valence-corrected chi connectivity index (χ1v) is 5.59. The summed E-state index contributed by atoms with van der Waals surface area (Å²) in [5.74, 6) is 0.460. The van der Waals surface area contributed by atoms with Crippen LogP contribution >= 0.6 is 0 Å². The Balaban J connectivity index is 1.75. The minimum atomic E-state index is -0.459. The van der Waals surface area contributed by atoms with E-state index in [-0.39, 0.29) is 11.7 Å². The van der Waals surface area contributed by atoms with Crippen molar-refractivity contribution in [1.29, 1.82) is 0 Å². The topological polar surface area (TPSA) is 107 Å². The Morgan fingerprint density at radius 1 is 1.44 bits per heavy atom. The van der Waals surface area contributed by atoms with Gasteiger partial charge in [-0.2, -0.15) is 0 Å². The van der Waals surface area contributed by atoms with E-state index in [0.29, 0.717) is 17.5 Å². The zero-order valence-corrected chi connectivity index (χ0v) is 9.46. The number of anilines is 2. The molecule has 1 aliphatic rings. The molecule has 0 aliphatic heterocycles. The molecule has 2 aromatic heterocycles. The van der Waals surface area contributed by atoms with Gasteiger partial charge >= 0.3 is 6.01 Å². The van der Waals surface area contributed by atoms with Crippen molar-refractivity contribution in [2.24, 2.45) is 0 Å². The summed E-state index contributed by atoms with van der Waals surface area (Å²) < 4.78 is 5.32. The van der Waals surface area contributed by atoms with Crippen LogP contribution in [0.1, 0.15) is 35.1 Å². The molecule has 0 saturated heterocycles. The molecule has 1 fully saturated rings. The first-order chi connectivity index (χ1) is 8.74. The number of nitrogens with one attached hydrogen (secondary N) is 1. The Kier molecular flexibility index (Phi) is 2.44. The van der Waals surface area contributed by atoms with Gasteiger partial charge in [-0.15, -0.1) is 5.10 Å². The molecule has 92 valence electrons. The maximum absolute atomic E-state index is 11.8. The van der Waals surface area contributed by atoms with E-state index < -0.39 is 5.91 Å². The summed E-state index contributed by atoms with van der Waals surface area (Å²) in [4.78, 5) is 15.7. The standard InChI is InChI=1S/C11H11N5O2/c12-7-2-1-5-13-8(7)9(17)14-11-16-15-10(18-11)6-3-4-6/h1-2,5-6H,3-4,12H2,(H,14,16,17). The highest BCUT2D eigenvalue weighted by atomic mass is 16.4. The van der Waals surface area contributed by atoms with Gasteiger partial charge in [0.05, 0.1) is 5.69 Å². The van der Waals surface area contributed by atoms with Crippen LogP contribution in [0.15, 0.2) is 22.7 Å². The lowest BCUT2D eigenvalue weighted by molar-refractivity contribution is 0.102. The van der Waals surface area contributed by atoms with Gasteiger partial charge in [0.2, 0.25) is 5.89 Å². The molecule has 2 heterocycles. The molecular weight excluding hydrogens is 234 g/mol. The molecule has 18 heavy (non-hydrogen) atoms. The first-order valence-electron chi connectivity index (χ1n) is 5.59. The molecule has 2 aromatic rings. The van der Waals surface area contributed by atoms with E-state index in [2.05, 4.69) is 20.5 Å². The lowest BCUT2D eigenvalue weighted by Crippen LogP contribution is -2.15. The van der Waals surface area contributed by atoms with Crippen molar-refractivity contribution in [2.75, 3.05) is 11.1 Å². The molecule has 0 spiro atoms. The molecule has 0 radical (unpaired) electrons. The summed E-state index contributed by atoms with van der Waals surface area (Å²) in [5.41, 5.74) is 6.09. The van der Waals surface area contributed by atoms with E-state index in [1.807, 2.05) is 0 Å². The number of nitrogens with two attached hydrogens (primary N) is 1. The van der Waals surface area contributed by atoms with E-state index in [1.54, 1.807) is 12.1 Å². The number of hydrogen-bond donors (Lipinski definition) is 2. The van der Waals surface area contributed by atoms with Crippen LogP contribution in [0.4, 0.5) is 11.7 Å². The van der Waals surface area contributed by atoms with Gasteiger partial charge in [-0.05, 0) is 25.0 Å². The molecule has 3 rings (SSSR count). The second-order valence-electron chi connectivity index (χ2n) is 4.12. The Labute approximate surface area is 102 Å². The Bertz CT molecular complexity index is 591. The fourth-order valence-corrected chi connectivity index (χ4v) is 1.54. The van der Waals surface area contributed by atoms with E-state index in [0.717, 1.165) is 12.8 Å². The Morgan fingerprint density at radius 3 is 3.00 bits per heavy atom. The van der Waals surface area contributed by atoms with Crippen LogP contribution in [0.25, 0.3) is 0 Å². The number of amides is 1. The third-order valence-corrected chi connectivity index (χ3v) is 2.64. The molecule has 1 aliphatic carbocycles. The van der Waals surface area contributed by atoms with Crippen molar-refractivity contribution in [3.63, 3.8) is 0 Å². The third kappa shape index (κ3) is 2.02. The van der Waals surface area contributed by atoms with Gasteiger partial charge in [-0.3, -0.25) is 10.1 Å². The van der Waals surface area contributed by atoms with E-state index in [4.69, 9.17) is 10.2 Å². The number of aromatic nitrogens is 3. The molecule has 1 amide bonds. The number of nitrogen functional groups attached to an aromatic ring is 1. The van der Waals surface area contributed by atoms with Crippen LogP contribution in [0.5, 0.6) is 0 Å². The van der Waals surface area contributed by atoms with Crippen molar-refractivity contribution < 1.29 is 9.21 Å². The average Bonchev–Trinajstić information content (AvgIpc) is 3.11. The van der Waals surface area contributed by atoms with E-state index >= 15 is 0 Å². The summed E-state index contributed by atoms with van der Waals surface area (Å²) in [6, 6.07) is 3.34. The fraction of sp³-hybridized carbons (Fsp3) is 0.273. The van der Waals surface area contributed by atoms with Gasteiger partial charge < -0.3 is 10.2 Å². The van der Waals surface area contributed by atoms with E-state index in [9.17, 15) is 4.79 Å². The molecule has 0 atom stereocenters. The number of nitrogens with zero attached hydrogens (tertiary/aromatic N) is 3. The van der Waals surface area contributed by atoms with Crippen LogP contribution in [0.3, 0.4) is 0 Å². The molecule has 0 bridgehead atoms. The van der Waals surface area contributed by atoms with Gasteiger partial charge in [0.15, 0.2) is 5.69 Å². The summed E-state index contributed by atoms with van der Waals surface area (Å²) in [6.45, 7) is 0. The van der Waals surface area contributed by atoms with Crippen molar-refractivity contribution in [1.82, 2.24) is 15.2 Å². The van der Waals surface area contributed by atoms with Crippen molar-refractivity contribution >= 4 is 17.6 Å². The molecule has 7 nitrogen and oxygen atoms in total. The number of pyridine rings is 1. The van der Waals surface area contributed by atoms with Crippen molar-refractivity contribution in [2.45, 2.75) is 18.8 Å². The van der Waals surface area contributed by atoms with Crippen LogP contribution in [-0.4, -0.2) is 21.1 Å². The maximum atomic E-state index is 11.8. The second kappa shape index (κ2) is 4.10. The monoisotopic (exact) mass is 245 g/mol. The van der Waals surface area contributed by atoms with Crippen LogP contribution in [0, 0.1) is 0 Å². The van der Waals surface area contributed by atoms with E-state index in [1.165, 1.54) is 6.20 Å². The van der Waals surface area contributed by atoms with Gasteiger partial charge in [-0.1, -0.05) is 5.10 Å². The minimum Gasteiger partial charge on any atom is -0.408 e. The third-order valence-electron chi connectivity index (χ3n) is 2.64. The molecule has 3 N–H and O–H groups in total. The lowest BCUT2D eigenvalue weighted by atomic mass is 10.3. The average molecular weight is 245 g/mol. The van der Waals surface area contributed by atoms with Crippen LogP contribution in [0.2, 0.25) is 0 Å². The zero-order valence-electron chi connectivity index (χ0n) is 9.46. The highest BCUT2D eigenvalue weighted by Crippen LogP contribution is 2.39. The predicted molar refractivity (Wildman–Crippen MR) is 62.9 cm³/mol. The minimum absolute atomic E-state index is 0.0759. The number of hydrogen-bond acceptors (Lipinski definition) is 6. The number of carbonyl (C=O) groups is 1. The second-order valence-corrected chi connectivity index (χ2v) is 4.12. The Morgan fingerprint density at radius 2 is 2.28 bits per heavy atom. The van der Waals surface area contributed by atoms with Crippen LogP contribution in [-0.2, 0) is 0 Å². The normalized spacial score (nSPS) is 14.4. The number of rotatable bonds is 3. The summed E-state index contributed by atoms with van der Waals surface area (Å²) in [5, 5.41) is 10.1. The molecular formula is C11H11N5O2.